The smallest absolute Gasteiger partial charge is 0.413 e. The molecule has 0 aliphatic carbocycles. The Bertz CT molecular complexity index is 685. The van der Waals surface area contributed by atoms with E-state index in [9.17, 15) is 4.79 Å². The normalized spacial score (nSPS) is 17.4. The highest BCUT2D eigenvalue weighted by Gasteiger charge is 2.14. The van der Waals surface area contributed by atoms with Crippen molar-refractivity contribution in [1.29, 1.82) is 0 Å². The summed E-state index contributed by atoms with van der Waals surface area (Å²) in [5, 5.41) is 6.29. The van der Waals surface area contributed by atoms with E-state index in [0.717, 1.165) is 0 Å². The Morgan fingerprint density at radius 2 is 2.32 bits per heavy atom. The monoisotopic (exact) mass is 327 g/mol. The first kappa shape index (κ1) is 9.14. The second-order valence-electron chi connectivity index (χ2n) is 3.67. The fraction of sp³-hybridized carbons (Fsp3) is 0.231. The first-order valence-corrected chi connectivity index (χ1v) is 6.17. The van der Waals surface area contributed by atoms with Gasteiger partial charge in [0.2, 0.25) is 0 Å². The average Bonchev–Trinajstić information content (AvgIpc) is 2.78. The molecule has 0 saturated carbocycles. The predicted molar refractivity (Wildman–Crippen MR) is 75.9 cm³/mol. The summed E-state index contributed by atoms with van der Waals surface area (Å²) in [6.07, 6.45) is -2.13. The van der Waals surface area contributed by atoms with Gasteiger partial charge in [0, 0.05) is 11.2 Å². The largest absolute Gasteiger partial charge is 0.441 e. The van der Waals surface area contributed by atoms with Crippen LogP contribution < -0.4 is 5.32 Å². The summed E-state index contributed by atoms with van der Waals surface area (Å²) >= 11 is 3.20. The van der Waals surface area contributed by atoms with Crippen LogP contribution in [0.25, 0.3) is 0 Å². The van der Waals surface area contributed by atoms with Crippen LogP contribution in [0.4, 0.5) is 10.6 Å². The lowest BCUT2D eigenvalue weighted by molar-refractivity contribution is 0.121. The van der Waals surface area contributed by atoms with Crippen molar-refractivity contribution in [2.45, 2.75) is 12.9 Å². The number of amides is 1. The number of ether oxygens (including phenoxy) is 1. The summed E-state index contributed by atoms with van der Waals surface area (Å²) in [6.45, 7) is -2.87. The molecule has 1 amide bonds. The molecule has 100 valence electrons. The van der Waals surface area contributed by atoms with Gasteiger partial charge in [-0.1, -0.05) is 30.3 Å². The van der Waals surface area contributed by atoms with Crippen LogP contribution in [-0.4, -0.2) is 15.9 Å². The molecule has 0 radical (unpaired) electrons. The number of nitrogens with zero attached hydrogens (tertiary/aromatic N) is 2. The zero-order valence-electron chi connectivity index (χ0n) is 14.1. The molecule has 1 N–H and O–H groups in total. The molecule has 1 aromatic heterocycles. The predicted octanol–water partition coefficient (Wildman–Crippen LogP) is 3.49. The summed E-state index contributed by atoms with van der Waals surface area (Å²) in [5.74, 6) is 0.288. The highest BCUT2D eigenvalue weighted by atomic mass is 79.9. The summed E-state index contributed by atoms with van der Waals surface area (Å²) in [4.78, 5) is 12.1. The van der Waals surface area contributed by atoms with E-state index in [-0.39, 0.29) is 11.4 Å². The van der Waals surface area contributed by atoms with Crippen molar-refractivity contribution in [3.05, 3.63) is 46.6 Å². The number of benzene rings is 1. The molecule has 0 fully saturated rings. The minimum absolute atomic E-state index is 0.0548. The molecular formula is C13H14BrN3O2. The molecule has 1 atom stereocenters. The van der Waals surface area contributed by atoms with E-state index in [4.69, 9.17) is 10.2 Å². The Hall–Kier alpha value is -1.82. The molecule has 2 aromatic rings. The van der Waals surface area contributed by atoms with Gasteiger partial charge in [0.15, 0.2) is 0 Å². The van der Waals surface area contributed by atoms with E-state index < -0.39 is 19.0 Å². The van der Waals surface area contributed by atoms with E-state index in [0.29, 0.717) is 4.47 Å². The second kappa shape index (κ2) is 5.88. The van der Waals surface area contributed by atoms with Gasteiger partial charge in [-0.05, 0) is 28.3 Å². The Morgan fingerprint density at radius 1 is 1.58 bits per heavy atom. The van der Waals surface area contributed by atoms with Crippen molar-refractivity contribution in [3.63, 3.8) is 0 Å². The third-order valence-electron chi connectivity index (χ3n) is 2.35. The first-order valence-electron chi connectivity index (χ1n) is 7.38. The number of hydrogen-bond donors (Lipinski definition) is 1. The molecule has 0 spiro atoms. The summed E-state index contributed by atoms with van der Waals surface area (Å²) < 4.78 is 37.7. The number of aromatic nitrogens is 2. The molecule has 0 aliphatic rings. The molecule has 19 heavy (non-hydrogen) atoms. The molecule has 5 nitrogen and oxygen atoms in total. The van der Waals surface area contributed by atoms with Gasteiger partial charge in [0.05, 0.1) is 12.0 Å². The number of halogens is 1. The SMILES string of the molecule is [2H]C([2H])([2H])C([2H])(OC(=O)Nc1c(Br)cnn1C)c1ccccc1. The molecular weight excluding hydrogens is 310 g/mol. The van der Waals surface area contributed by atoms with Crippen LogP contribution >= 0.6 is 15.9 Å². The fourth-order valence-corrected chi connectivity index (χ4v) is 1.86. The zero-order chi connectivity index (χ0) is 17.3. The Labute approximate surface area is 125 Å². The van der Waals surface area contributed by atoms with E-state index in [2.05, 4.69) is 26.3 Å². The summed E-state index contributed by atoms with van der Waals surface area (Å²) in [6, 6.07) is 7.67. The van der Waals surface area contributed by atoms with E-state index in [1.54, 1.807) is 25.2 Å². The van der Waals surface area contributed by atoms with Crippen molar-refractivity contribution >= 4 is 27.8 Å². The molecule has 1 heterocycles. The van der Waals surface area contributed by atoms with Crippen LogP contribution in [0.5, 0.6) is 0 Å². The van der Waals surface area contributed by atoms with E-state index in [1.165, 1.54) is 23.0 Å². The quantitative estimate of drug-likeness (QED) is 0.938. The number of anilines is 1. The van der Waals surface area contributed by atoms with Gasteiger partial charge in [0.1, 0.15) is 11.9 Å². The molecule has 0 bridgehead atoms. The van der Waals surface area contributed by atoms with Gasteiger partial charge < -0.3 is 4.74 Å². The average molecular weight is 328 g/mol. The van der Waals surface area contributed by atoms with Crippen LogP contribution in [0.15, 0.2) is 41.0 Å². The Morgan fingerprint density at radius 3 is 2.89 bits per heavy atom. The minimum Gasteiger partial charge on any atom is -0.441 e. The summed E-state index contributed by atoms with van der Waals surface area (Å²) in [7, 11) is 1.59. The van der Waals surface area contributed by atoms with Crippen LogP contribution in [-0.2, 0) is 11.8 Å². The fourth-order valence-electron chi connectivity index (χ4n) is 1.41. The maximum atomic E-state index is 12.1. The van der Waals surface area contributed by atoms with Gasteiger partial charge in [-0.2, -0.15) is 5.10 Å². The van der Waals surface area contributed by atoms with Gasteiger partial charge in [-0.25, -0.2) is 4.79 Å². The van der Waals surface area contributed by atoms with Crippen LogP contribution in [0.3, 0.4) is 0 Å². The van der Waals surface area contributed by atoms with Crippen molar-refractivity contribution in [2.75, 3.05) is 5.32 Å². The lowest BCUT2D eigenvalue weighted by Gasteiger charge is -2.14. The summed E-state index contributed by atoms with van der Waals surface area (Å²) in [5.41, 5.74) is 0.0548. The molecule has 6 heteroatoms. The maximum absolute atomic E-state index is 12.1. The zero-order valence-corrected chi connectivity index (χ0v) is 11.6. The molecule has 1 unspecified atom stereocenters. The first-order chi connectivity index (χ1) is 10.6. The highest BCUT2D eigenvalue weighted by molar-refractivity contribution is 9.10. The van der Waals surface area contributed by atoms with Crippen molar-refractivity contribution in [2.24, 2.45) is 7.05 Å². The topological polar surface area (TPSA) is 56.1 Å². The second-order valence-corrected chi connectivity index (χ2v) is 4.53. The van der Waals surface area contributed by atoms with Crippen LogP contribution in [0.1, 0.15) is 24.0 Å². The number of hydrogen-bond acceptors (Lipinski definition) is 3. The van der Waals surface area contributed by atoms with Gasteiger partial charge in [0.25, 0.3) is 0 Å². The lowest BCUT2D eigenvalue weighted by atomic mass is 10.1. The van der Waals surface area contributed by atoms with Crippen molar-refractivity contribution in [1.82, 2.24) is 9.78 Å². The van der Waals surface area contributed by atoms with E-state index in [1.807, 2.05) is 0 Å². The standard InChI is InChI=1S/C13H14BrN3O2/c1-9(10-6-4-3-5-7-10)19-13(18)16-12-11(14)8-15-17(12)2/h3-9H,1-2H3,(H,16,18)/i1D3,9D. The van der Waals surface area contributed by atoms with Crippen molar-refractivity contribution in [3.8, 4) is 0 Å². The van der Waals surface area contributed by atoms with Gasteiger partial charge >= 0.3 is 6.09 Å². The highest BCUT2D eigenvalue weighted by Crippen LogP contribution is 2.22. The van der Waals surface area contributed by atoms with E-state index >= 15 is 0 Å². The Kier molecular flexibility index (Phi) is 2.83. The van der Waals surface area contributed by atoms with Crippen LogP contribution in [0.2, 0.25) is 0 Å². The third-order valence-corrected chi connectivity index (χ3v) is 2.93. The third kappa shape index (κ3) is 3.35. The van der Waals surface area contributed by atoms with Crippen molar-refractivity contribution < 1.29 is 15.0 Å². The minimum atomic E-state index is -2.87. The van der Waals surface area contributed by atoms with Crippen LogP contribution in [0, 0.1) is 0 Å². The number of rotatable bonds is 3. The number of carbonyl (C=O) groups excluding carboxylic acids is 1. The molecule has 0 aliphatic heterocycles. The lowest BCUT2D eigenvalue weighted by Crippen LogP contribution is -2.18. The van der Waals surface area contributed by atoms with Gasteiger partial charge in [-0.3, -0.25) is 10.00 Å². The molecule has 0 saturated heterocycles. The number of nitrogens with one attached hydrogen (secondary N) is 1. The number of carbonyl (C=O) groups is 1. The molecule has 1 aromatic carbocycles. The maximum Gasteiger partial charge on any atom is 0.413 e. The number of aryl methyl sites for hydroxylation is 1. The Balaban J connectivity index is 2.27. The molecule has 2 rings (SSSR count). The van der Waals surface area contributed by atoms with Gasteiger partial charge in [-0.15, -0.1) is 0 Å².